The molecule has 1 atom stereocenters. The molecule has 0 aliphatic carbocycles. The number of aromatic nitrogens is 4. The van der Waals surface area contributed by atoms with Gasteiger partial charge in [-0.25, -0.2) is 9.97 Å². The van der Waals surface area contributed by atoms with Crippen LogP contribution in [0.15, 0.2) is 67.1 Å². The van der Waals surface area contributed by atoms with Gasteiger partial charge in [-0.05, 0) is 55.5 Å². The second kappa shape index (κ2) is 12.6. The van der Waals surface area contributed by atoms with Crippen LogP contribution in [0, 0.1) is 0 Å². The Labute approximate surface area is 244 Å². The lowest BCUT2D eigenvalue weighted by molar-refractivity contribution is -0.137. The Morgan fingerprint density at radius 2 is 1.77 bits per heavy atom. The van der Waals surface area contributed by atoms with Gasteiger partial charge >= 0.3 is 6.18 Å². The number of carbonyl (C=O) groups excluding carboxylic acids is 2. The minimum Gasteiger partial charge on any atom is -0.392 e. The van der Waals surface area contributed by atoms with E-state index in [1.165, 1.54) is 47.3 Å². The molecule has 1 aliphatic rings. The SMILES string of the molecule is C[C@H](O)CNc1nccc(-n2ccnc2C(=O)c2ccc(NC(=O)c3cc(N4CCOCC4)cc(C(F)(F)F)c3)cc2)n1. The summed E-state index contributed by atoms with van der Waals surface area (Å²) in [6.07, 6.45) is -0.710. The molecular formula is C29H28F3N7O4. The summed E-state index contributed by atoms with van der Waals surface area (Å²) >= 11 is 0. The first kappa shape index (κ1) is 29.7. The highest BCUT2D eigenvalue weighted by Crippen LogP contribution is 2.33. The van der Waals surface area contributed by atoms with E-state index in [0.29, 0.717) is 37.8 Å². The summed E-state index contributed by atoms with van der Waals surface area (Å²) in [5.74, 6) is -0.419. The number of morpholine rings is 1. The Balaban J connectivity index is 1.32. The molecule has 1 amide bonds. The van der Waals surface area contributed by atoms with Crippen LogP contribution in [0.5, 0.6) is 0 Å². The number of aliphatic hydroxyl groups is 1. The Hall–Kier alpha value is -4.82. The van der Waals surface area contributed by atoms with Crippen molar-refractivity contribution in [2.24, 2.45) is 0 Å². The number of amides is 1. The number of alkyl halides is 3. The van der Waals surface area contributed by atoms with E-state index in [1.54, 1.807) is 24.1 Å². The first-order chi connectivity index (χ1) is 20.6. The zero-order valence-corrected chi connectivity index (χ0v) is 23.0. The highest BCUT2D eigenvalue weighted by atomic mass is 19.4. The zero-order chi connectivity index (χ0) is 30.6. The summed E-state index contributed by atoms with van der Waals surface area (Å²) in [6.45, 7) is 3.44. The number of ketones is 1. The molecular weight excluding hydrogens is 567 g/mol. The van der Waals surface area contributed by atoms with E-state index in [-0.39, 0.29) is 35.1 Å². The molecule has 0 radical (unpaired) electrons. The largest absolute Gasteiger partial charge is 0.416 e. The number of nitrogens with one attached hydrogen (secondary N) is 2. The van der Waals surface area contributed by atoms with Crippen molar-refractivity contribution in [2.45, 2.75) is 19.2 Å². The number of anilines is 3. The molecule has 1 saturated heterocycles. The Morgan fingerprint density at radius 1 is 1.02 bits per heavy atom. The van der Waals surface area contributed by atoms with Gasteiger partial charge in [0.05, 0.1) is 24.9 Å². The van der Waals surface area contributed by atoms with Crippen molar-refractivity contribution < 1.29 is 32.6 Å². The van der Waals surface area contributed by atoms with Crippen LogP contribution >= 0.6 is 0 Å². The number of aliphatic hydroxyl groups excluding tert-OH is 1. The van der Waals surface area contributed by atoms with Crippen LogP contribution in [0.25, 0.3) is 5.82 Å². The maximum atomic E-state index is 13.6. The highest BCUT2D eigenvalue weighted by Gasteiger charge is 2.32. The highest BCUT2D eigenvalue weighted by molar-refractivity contribution is 6.08. The van der Waals surface area contributed by atoms with Crippen molar-refractivity contribution in [2.75, 3.05) is 48.4 Å². The van der Waals surface area contributed by atoms with E-state index < -0.39 is 29.5 Å². The van der Waals surface area contributed by atoms with E-state index in [2.05, 4.69) is 25.6 Å². The molecule has 2 aromatic carbocycles. The topological polar surface area (TPSA) is 134 Å². The van der Waals surface area contributed by atoms with Gasteiger partial charge in [0, 0.05) is 60.7 Å². The molecule has 5 rings (SSSR count). The van der Waals surface area contributed by atoms with Gasteiger partial charge in [0.1, 0.15) is 5.82 Å². The van der Waals surface area contributed by atoms with Crippen LogP contribution in [0.3, 0.4) is 0 Å². The molecule has 0 unspecified atom stereocenters. The summed E-state index contributed by atoms with van der Waals surface area (Å²) in [6, 6.07) is 10.8. The van der Waals surface area contributed by atoms with E-state index in [0.717, 1.165) is 12.1 Å². The predicted octanol–water partition coefficient (Wildman–Crippen LogP) is 3.79. The molecule has 4 aromatic rings. The van der Waals surface area contributed by atoms with Crippen molar-refractivity contribution in [3.63, 3.8) is 0 Å². The Bertz CT molecular complexity index is 1600. The third-order valence-corrected chi connectivity index (χ3v) is 6.58. The van der Waals surface area contributed by atoms with Crippen molar-refractivity contribution in [3.8, 4) is 5.82 Å². The van der Waals surface area contributed by atoms with E-state index in [9.17, 15) is 27.9 Å². The maximum absolute atomic E-state index is 13.6. The number of imidazole rings is 1. The monoisotopic (exact) mass is 595 g/mol. The predicted molar refractivity (Wildman–Crippen MR) is 152 cm³/mol. The Morgan fingerprint density at radius 3 is 2.47 bits per heavy atom. The third-order valence-electron chi connectivity index (χ3n) is 6.58. The number of ether oxygens (including phenoxy) is 1. The van der Waals surface area contributed by atoms with Gasteiger partial charge in [0.25, 0.3) is 5.91 Å². The molecule has 0 saturated carbocycles. The van der Waals surface area contributed by atoms with Crippen LogP contribution < -0.4 is 15.5 Å². The van der Waals surface area contributed by atoms with E-state index in [1.807, 2.05) is 0 Å². The molecule has 2 aromatic heterocycles. The second-order valence-corrected chi connectivity index (χ2v) is 9.82. The average molecular weight is 596 g/mol. The molecule has 1 fully saturated rings. The number of carbonyl (C=O) groups is 2. The maximum Gasteiger partial charge on any atom is 0.416 e. The normalized spacial score (nSPS) is 14.3. The van der Waals surface area contributed by atoms with Crippen LogP contribution in [0.1, 0.15) is 39.0 Å². The number of nitrogens with zero attached hydrogens (tertiary/aromatic N) is 5. The first-order valence-corrected chi connectivity index (χ1v) is 13.4. The van der Waals surface area contributed by atoms with Crippen LogP contribution in [-0.4, -0.2) is 75.3 Å². The minimum atomic E-state index is -4.63. The fourth-order valence-electron chi connectivity index (χ4n) is 4.41. The zero-order valence-electron chi connectivity index (χ0n) is 23.0. The molecule has 3 N–H and O–H groups in total. The number of rotatable bonds is 9. The lowest BCUT2D eigenvalue weighted by atomic mass is 10.1. The molecule has 224 valence electrons. The van der Waals surface area contributed by atoms with Crippen molar-refractivity contribution >= 4 is 29.0 Å². The van der Waals surface area contributed by atoms with Crippen LogP contribution in [0.4, 0.5) is 30.5 Å². The average Bonchev–Trinajstić information content (AvgIpc) is 3.50. The van der Waals surface area contributed by atoms with Crippen molar-refractivity contribution in [1.29, 1.82) is 0 Å². The lowest BCUT2D eigenvalue weighted by Gasteiger charge is -2.29. The minimum absolute atomic E-state index is 0.0802. The Kier molecular flexibility index (Phi) is 8.68. The molecule has 14 heteroatoms. The molecule has 0 bridgehead atoms. The first-order valence-electron chi connectivity index (χ1n) is 13.4. The number of hydrogen-bond donors (Lipinski definition) is 3. The van der Waals surface area contributed by atoms with Gasteiger partial charge in [0.2, 0.25) is 11.7 Å². The number of benzene rings is 2. The molecule has 11 nitrogen and oxygen atoms in total. The fourth-order valence-corrected chi connectivity index (χ4v) is 4.41. The summed E-state index contributed by atoms with van der Waals surface area (Å²) in [4.78, 5) is 40.7. The van der Waals surface area contributed by atoms with E-state index in [4.69, 9.17) is 4.74 Å². The third kappa shape index (κ3) is 7.16. The van der Waals surface area contributed by atoms with Gasteiger partial charge < -0.3 is 25.4 Å². The molecule has 1 aliphatic heterocycles. The summed E-state index contributed by atoms with van der Waals surface area (Å²) < 4.78 is 47.7. The second-order valence-electron chi connectivity index (χ2n) is 9.82. The van der Waals surface area contributed by atoms with Gasteiger partial charge in [-0.1, -0.05) is 0 Å². The number of hydrogen-bond acceptors (Lipinski definition) is 9. The summed E-state index contributed by atoms with van der Waals surface area (Å²) in [5, 5.41) is 15.0. The smallest absolute Gasteiger partial charge is 0.392 e. The van der Waals surface area contributed by atoms with Gasteiger partial charge in [-0.3, -0.25) is 14.2 Å². The van der Waals surface area contributed by atoms with Gasteiger partial charge in [-0.15, -0.1) is 0 Å². The van der Waals surface area contributed by atoms with Gasteiger partial charge in [-0.2, -0.15) is 18.2 Å². The summed E-state index contributed by atoms with van der Waals surface area (Å²) in [5.41, 5.74) is -0.229. The van der Waals surface area contributed by atoms with E-state index >= 15 is 0 Å². The molecule has 0 spiro atoms. The summed E-state index contributed by atoms with van der Waals surface area (Å²) in [7, 11) is 0. The van der Waals surface area contributed by atoms with Crippen LogP contribution in [0.2, 0.25) is 0 Å². The van der Waals surface area contributed by atoms with Crippen molar-refractivity contribution in [3.05, 3.63) is 89.6 Å². The quantitative estimate of drug-likeness (QED) is 0.247. The number of halogens is 3. The standard InChI is InChI=1S/C29H28F3N7O4/c1-18(40)17-35-28-34-7-6-24(37-28)39-9-8-33-26(39)25(41)19-2-4-22(5-3-19)36-27(42)20-14-21(29(30,31)32)16-23(15-20)38-10-12-43-13-11-38/h2-9,14-16,18,40H,10-13,17H2,1H3,(H,36,42)(H,34,35,37)/t18-/m0/s1. The fraction of sp³-hybridized carbons (Fsp3) is 0.276. The molecule has 43 heavy (non-hydrogen) atoms. The lowest BCUT2D eigenvalue weighted by Crippen LogP contribution is -2.36. The van der Waals surface area contributed by atoms with Crippen LogP contribution in [-0.2, 0) is 10.9 Å². The molecule has 3 heterocycles. The van der Waals surface area contributed by atoms with Crippen molar-refractivity contribution in [1.82, 2.24) is 19.5 Å². The van der Waals surface area contributed by atoms with Gasteiger partial charge in [0.15, 0.2) is 5.82 Å².